The predicted molar refractivity (Wildman–Crippen MR) is 254 cm³/mol. The van der Waals surface area contributed by atoms with Gasteiger partial charge in [-0.05, 0) is 93.9 Å². The number of carbonyl (C=O) groups excluding carboxylic acids is 8. The molecule has 0 aliphatic heterocycles. The lowest BCUT2D eigenvalue weighted by Gasteiger charge is -2.00. The standard InChI is InChI=1S/C15H14O3.C14H14O4.C13H12O3.C12H10O4.CH4/c1-11-4-6-12(7-5-11)13(16)8-9-14(17)15-3-2-10-18-15;1-9-3-7-13(17-9)11(15)5-6-12(16)14-8-4-10(2)18-14;14-12(10-3-1-2-4-10)5-6-13(15)11-7-8-16-9-11;13-9(11-3-1-7-15-11)5-6-10(14)12-4-2-8-16-12;/h2-7,10H,8-9H2,1H3;3-4,7-8H,5-6H2,1-2H3;1,3-4,7-9H,2,5-6H2;1-4,7-8H,5-6H2;1H4. The summed E-state index contributed by atoms with van der Waals surface area (Å²) in [4.78, 5) is 93.1. The molecule has 0 saturated heterocycles. The third-order valence-corrected chi connectivity index (χ3v) is 10.0. The molecule has 8 rings (SSSR count). The Hall–Kier alpha value is -8.26. The summed E-state index contributed by atoms with van der Waals surface area (Å²) >= 11 is 0. The molecule has 0 radical (unpaired) electrons. The van der Waals surface area contributed by atoms with Gasteiger partial charge in [0.25, 0.3) is 0 Å². The van der Waals surface area contributed by atoms with Crippen molar-refractivity contribution in [1.82, 2.24) is 0 Å². The number of benzene rings is 1. The van der Waals surface area contributed by atoms with Crippen LogP contribution < -0.4 is 0 Å². The van der Waals surface area contributed by atoms with Crippen molar-refractivity contribution < 1.29 is 64.9 Å². The van der Waals surface area contributed by atoms with E-state index in [9.17, 15) is 38.4 Å². The molecule has 358 valence electrons. The smallest absolute Gasteiger partial charge is 0.198 e. The second-order valence-electron chi connectivity index (χ2n) is 15.3. The van der Waals surface area contributed by atoms with Gasteiger partial charge in [-0.2, -0.15) is 0 Å². The molecule has 69 heavy (non-hydrogen) atoms. The van der Waals surface area contributed by atoms with E-state index < -0.39 is 0 Å². The zero-order valence-corrected chi connectivity index (χ0v) is 37.9. The lowest BCUT2D eigenvalue weighted by atomic mass is 10.0. The Bertz CT molecular complexity index is 2700. The van der Waals surface area contributed by atoms with Crippen LogP contribution in [0.4, 0.5) is 0 Å². The van der Waals surface area contributed by atoms with E-state index in [1.165, 1.54) is 31.3 Å². The molecule has 0 amide bonds. The van der Waals surface area contributed by atoms with Crippen LogP contribution in [0, 0.1) is 20.8 Å². The number of hydrogen-bond donors (Lipinski definition) is 0. The van der Waals surface area contributed by atoms with E-state index in [1.54, 1.807) is 92.7 Å². The van der Waals surface area contributed by atoms with Gasteiger partial charge in [0.05, 0.1) is 30.6 Å². The summed E-state index contributed by atoms with van der Waals surface area (Å²) in [5, 5.41) is 0. The van der Waals surface area contributed by atoms with Crippen LogP contribution in [-0.2, 0) is 4.79 Å². The highest BCUT2D eigenvalue weighted by Gasteiger charge is 2.18. The minimum absolute atomic E-state index is 0. The third kappa shape index (κ3) is 17.5. The number of furan rings is 6. The van der Waals surface area contributed by atoms with Crippen LogP contribution in [0.15, 0.2) is 173 Å². The van der Waals surface area contributed by atoms with Gasteiger partial charge in [0.2, 0.25) is 0 Å². The highest BCUT2D eigenvalue weighted by molar-refractivity contribution is 6.04. The van der Waals surface area contributed by atoms with Gasteiger partial charge in [-0.3, -0.25) is 38.4 Å². The first-order valence-corrected chi connectivity index (χ1v) is 21.7. The Morgan fingerprint density at radius 1 is 0.420 bits per heavy atom. The molecule has 6 heterocycles. The molecule has 0 unspecified atom stereocenters. The van der Waals surface area contributed by atoms with E-state index in [0.717, 1.165) is 17.6 Å². The van der Waals surface area contributed by atoms with Crippen LogP contribution in [0.5, 0.6) is 0 Å². The molecular weight excluding hydrogens is 885 g/mol. The monoisotopic (exact) mass is 938 g/mol. The van der Waals surface area contributed by atoms with Gasteiger partial charge < -0.3 is 26.5 Å². The molecule has 0 atom stereocenters. The molecule has 1 aromatic carbocycles. The predicted octanol–water partition coefficient (Wildman–Crippen LogP) is 12.8. The van der Waals surface area contributed by atoms with Crippen LogP contribution in [0.25, 0.3) is 0 Å². The van der Waals surface area contributed by atoms with Crippen molar-refractivity contribution in [3.63, 3.8) is 0 Å². The van der Waals surface area contributed by atoms with Crippen molar-refractivity contribution in [3.05, 3.63) is 203 Å². The van der Waals surface area contributed by atoms with E-state index in [2.05, 4.69) is 0 Å². The van der Waals surface area contributed by atoms with E-state index in [0.29, 0.717) is 39.9 Å². The number of aryl methyl sites for hydroxylation is 3. The largest absolute Gasteiger partial charge is 0.472 e. The number of hydrogen-bond acceptors (Lipinski definition) is 14. The second-order valence-corrected chi connectivity index (χ2v) is 15.3. The number of rotatable bonds is 20. The summed E-state index contributed by atoms with van der Waals surface area (Å²) in [6.07, 6.45) is 15.0. The number of allylic oxidation sites excluding steroid dienone is 4. The maximum atomic E-state index is 11.8. The second kappa shape index (κ2) is 27.4. The highest BCUT2D eigenvalue weighted by atomic mass is 16.4. The van der Waals surface area contributed by atoms with E-state index in [-0.39, 0.29) is 117 Å². The highest BCUT2D eigenvalue weighted by Crippen LogP contribution is 2.17. The molecule has 0 fully saturated rings. The SMILES string of the molecule is C.Cc1ccc(C(=O)CCC(=O)c2ccc(C)o2)o1.Cc1ccc(C(=O)CCC(=O)c2ccco2)cc1.O=C(CCC(=O)c1ccco1)c1ccco1.O=C(CCC(=O)c1ccoc1)C1=CCC=C1. The fraction of sp³-hybridized carbons (Fsp3) is 0.236. The minimum atomic E-state index is -0.176. The fourth-order valence-corrected chi connectivity index (χ4v) is 6.27. The first-order chi connectivity index (χ1) is 32.8. The molecule has 1 aliphatic rings. The van der Waals surface area contributed by atoms with Crippen molar-refractivity contribution in [3.8, 4) is 0 Å². The van der Waals surface area contributed by atoms with Gasteiger partial charge in [-0.15, -0.1) is 0 Å². The minimum Gasteiger partial charge on any atom is -0.472 e. The van der Waals surface area contributed by atoms with Crippen LogP contribution >= 0.6 is 0 Å². The van der Waals surface area contributed by atoms with Crippen molar-refractivity contribution in [2.45, 2.75) is 86.0 Å². The van der Waals surface area contributed by atoms with Crippen molar-refractivity contribution >= 4 is 46.3 Å². The molecule has 14 nitrogen and oxygen atoms in total. The summed E-state index contributed by atoms with van der Waals surface area (Å²) in [5.74, 6) is 2.00. The Morgan fingerprint density at radius 3 is 1.17 bits per heavy atom. The molecule has 0 saturated carbocycles. The molecular formula is C55H54O14. The van der Waals surface area contributed by atoms with Crippen molar-refractivity contribution in [2.24, 2.45) is 0 Å². The average molecular weight is 939 g/mol. The van der Waals surface area contributed by atoms with Crippen molar-refractivity contribution in [2.75, 3.05) is 0 Å². The number of ketones is 8. The molecule has 14 heteroatoms. The Morgan fingerprint density at radius 2 is 0.826 bits per heavy atom. The molecule has 6 aromatic heterocycles. The van der Waals surface area contributed by atoms with E-state index >= 15 is 0 Å². The average Bonchev–Trinajstić information content (AvgIpc) is 4.20. The Balaban J connectivity index is 0.000000200. The number of carbonyl (C=O) groups is 8. The third-order valence-electron chi connectivity index (χ3n) is 10.0. The summed E-state index contributed by atoms with van der Waals surface area (Å²) in [6, 6.07) is 25.4. The first kappa shape index (κ1) is 53.4. The van der Waals surface area contributed by atoms with E-state index in [4.69, 9.17) is 26.5 Å². The zero-order valence-electron chi connectivity index (χ0n) is 37.9. The zero-order chi connectivity index (χ0) is 48.8. The normalized spacial score (nSPS) is 11.0. The van der Waals surface area contributed by atoms with Gasteiger partial charge in [-0.25, -0.2) is 0 Å². The maximum absolute atomic E-state index is 11.8. The molecule has 0 bridgehead atoms. The van der Waals surface area contributed by atoms with Crippen LogP contribution in [-0.4, -0.2) is 46.3 Å². The quantitative estimate of drug-likeness (QED) is 0.0650. The summed E-state index contributed by atoms with van der Waals surface area (Å²) in [7, 11) is 0. The van der Waals surface area contributed by atoms with Gasteiger partial charge in [-0.1, -0.05) is 55.5 Å². The van der Waals surface area contributed by atoms with Gasteiger partial charge in [0.1, 0.15) is 17.8 Å². The van der Waals surface area contributed by atoms with Gasteiger partial charge in [0, 0.05) is 62.5 Å². The Kier molecular flexibility index (Phi) is 21.2. The summed E-state index contributed by atoms with van der Waals surface area (Å²) in [6.45, 7) is 5.51. The fourth-order valence-electron chi connectivity index (χ4n) is 6.27. The topological polar surface area (TPSA) is 215 Å². The molecule has 1 aliphatic carbocycles. The van der Waals surface area contributed by atoms with Crippen LogP contribution in [0.3, 0.4) is 0 Å². The molecule has 0 spiro atoms. The Labute approximate surface area is 399 Å². The van der Waals surface area contributed by atoms with Gasteiger partial charge >= 0.3 is 0 Å². The van der Waals surface area contributed by atoms with Crippen LogP contribution in [0.2, 0.25) is 0 Å². The molecule has 7 aromatic rings. The first-order valence-electron chi connectivity index (χ1n) is 21.7. The molecule has 0 N–H and O–H groups in total. The lowest BCUT2D eigenvalue weighted by molar-refractivity contribution is -0.115. The van der Waals surface area contributed by atoms with E-state index in [1.807, 2.05) is 37.3 Å². The summed E-state index contributed by atoms with van der Waals surface area (Å²) in [5.41, 5.74) is 3.01. The lowest BCUT2D eigenvalue weighted by Crippen LogP contribution is -2.04. The maximum Gasteiger partial charge on any atom is 0.198 e. The number of Topliss-reactive ketones (excluding diaryl/α,β-unsaturated/α-hetero) is 8. The van der Waals surface area contributed by atoms with Crippen LogP contribution in [0.1, 0.15) is 156 Å². The van der Waals surface area contributed by atoms with Crippen molar-refractivity contribution in [1.29, 1.82) is 0 Å². The summed E-state index contributed by atoms with van der Waals surface area (Å²) < 4.78 is 30.1. The van der Waals surface area contributed by atoms with Gasteiger partial charge in [0.15, 0.2) is 75.1 Å².